The van der Waals surface area contributed by atoms with Gasteiger partial charge in [-0.1, -0.05) is 12.8 Å². The summed E-state index contributed by atoms with van der Waals surface area (Å²) in [6.45, 7) is 9.16. The van der Waals surface area contributed by atoms with Crippen molar-refractivity contribution in [3.63, 3.8) is 0 Å². The van der Waals surface area contributed by atoms with Crippen molar-refractivity contribution in [1.29, 1.82) is 0 Å². The minimum atomic E-state index is 0.744. The van der Waals surface area contributed by atoms with Crippen LogP contribution in [0.1, 0.15) is 25.7 Å². The van der Waals surface area contributed by atoms with Crippen LogP contribution >= 0.6 is 0 Å². The number of nitrogens with one attached hydrogen (secondary N) is 1. The molecule has 4 heterocycles. The van der Waals surface area contributed by atoms with Crippen LogP contribution in [-0.4, -0.2) is 80.5 Å². The van der Waals surface area contributed by atoms with E-state index in [1.807, 2.05) is 0 Å². The second kappa shape index (κ2) is 8.14. The third kappa shape index (κ3) is 4.12. The van der Waals surface area contributed by atoms with Gasteiger partial charge >= 0.3 is 0 Å². The Morgan fingerprint density at radius 3 is 1.64 bits per heavy atom. The first-order valence-electron chi connectivity index (χ1n) is 9.69. The normalized spacial score (nSPS) is 22.8. The van der Waals surface area contributed by atoms with Gasteiger partial charge in [-0.25, -0.2) is 0 Å². The van der Waals surface area contributed by atoms with E-state index in [1.54, 1.807) is 0 Å². The van der Waals surface area contributed by atoms with Gasteiger partial charge in [0.25, 0.3) is 0 Å². The fourth-order valence-electron chi connectivity index (χ4n) is 3.67. The van der Waals surface area contributed by atoms with Crippen LogP contribution < -0.4 is 20.0 Å². The van der Waals surface area contributed by atoms with E-state index in [1.165, 1.54) is 25.7 Å². The maximum Gasteiger partial charge on any atom is 0.232 e. The standard InChI is InChI=1S/C17H29N7O/c1-2-4-8-22(7-3-1)15-19-16(23-9-5-18-6-10-23)21-17(20-15)24-11-13-25-14-12-24/h18H,1-14H2. The molecule has 3 aliphatic rings. The molecule has 0 saturated carbocycles. The number of aromatic nitrogens is 3. The maximum absolute atomic E-state index is 5.49. The Morgan fingerprint density at radius 2 is 1.08 bits per heavy atom. The SMILES string of the molecule is C1CCCN(c2nc(N3CCNCC3)nc(N3CCOCC3)n2)CC1. The van der Waals surface area contributed by atoms with Crippen molar-refractivity contribution in [3.05, 3.63) is 0 Å². The van der Waals surface area contributed by atoms with Gasteiger partial charge in [0, 0.05) is 52.4 Å². The second-order valence-electron chi connectivity index (χ2n) is 6.97. The summed E-state index contributed by atoms with van der Waals surface area (Å²) in [5.41, 5.74) is 0. The smallest absolute Gasteiger partial charge is 0.232 e. The highest BCUT2D eigenvalue weighted by atomic mass is 16.5. The average Bonchev–Trinajstić information content (AvgIpc) is 2.99. The molecule has 0 aliphatic carbocycles. The summed E-state index contributed by atoms with van der Waals surface area (Å²) in [6.07, 6.45) is 5.06. The van der Waals surface area contributed by atoms with Crippen molar-refractivity contribution in [2.24, 2.45) is 0 Å². The molecule has 0 aromatic carbocycles. The highest BCUT2D eigenvalue weighted by molar-refractivity contribution is 5.47. The summed E-state index contributed by atoms with van der Waals surface area (Å²) >= 11 is 0. The van der Waals surface area contributed by atoms with E-state index in [4.69, 9.17) is 19.7 Å². The van der Waals surface area contributed by atoms with Crippen LogP contribution in [0.15, 0.2) is 0 Å². The van der Waals surface area contributed by atoms with Gasteiger partial charge in [0.2, 0.25) is 17.8 Å². The van der Waals surface area contributed by atoms with Gasteiger partial charge < -0.3 is 24.8 Å². The van der Waals surface area contributed by atoms with Crippen molar-refractivity contribution in [2.75, 3.05) is 80.3 Å². The Balaban J connectivity index is 1.63. The molecule has 0 amide bonds. The van der Waals surface area contributed by atoms with E-state index in [2.05, 4.69) is 20.0 Å². The molecule has 8 nitrogen and oxygen atoms in total. The fourth-order valence-corrected chi connectivity index (χ4v) is 3.67. The first kappa shape index (κ1) is 16.8. The molecule has 3 aliphatic heterocycles. The molecule has 1 aromatic rings. The number of hydrogen-bond donors (Lipinski definition) is 1. The quantitative estimate of drug-likeness (QED) is 0.848. The average molecular weight is 347 g/mol. The van der Waals surface area contributed by atoms with E-state index >= 15 is 0 Å². The zero-order chi connectivity index (χ0) is 16.9. The monoisotopic (exact) mass is 347 g/mol. The van der Waals surface area contributed by atoms with E-state index < -0.39 is 0 Å². The lowest BCUT2D eigenvalue weighted by Crippen LogP contribution is -2.45. The van der Waals surface area contributed by atoms with Gasteiger partial charge in [0.05, 0.1) is 13.2 Å². The molecule has 8 heteroatoms. The van der Waals surface area contributed by atoms with Crippen molar-refractivity contribution in [2.45, 2.75) is 25.7 Å². The molecule has 1 aromatic heterocycles. The summed E-state index contributed by atoms with van der Waals surface area (Å²) in [5.74, 6) is 2.50. The minimum Gasteiger partial charge on any atom is -0.378 e. The van der Waals surface area contributed by atoms with E-state index in [-0.39, 0.29) is 0 Å². The molecule has 0 unspecified atom stereocenters. The first-order valence-corrected chi connectivity index (χ1v) is 9.69. The molecule has 3 fully saturated rings. The fraction of sp³-hybridized carbons (Fsp3) is 0.824. The van der Waals surface area contributed by atoms with Gasteiger partial charge in [0.1, 0.15) is 0 Å². The van der Waals surface area contributed by atoms with Crippen molar-refractivity contribution >= 4 is 17.8 Å². The number of piperazine rings is 1. The van der Waals surface area contributed by atoms with Crippen molar-refractivity contribution in [3.8, 4) is 0 Å². The van der Waals surface area contributed by atoms with E-state index in [0.717, 1.165) is 83.4 Å². The van der Waals surface area contributed by atoms with Gasteiger partial charge in [-0.15, -0.1) is 0 Å². The van der Waals surface area contributed by atoms with Crippen LogP contribution in [0.5, 0.6) is 0 Å². The topological polar surface area (TPSA) is 69.7 Å². The molecular weight excluding hydrogens is 318 g/mol. The predicted molar refractivity (Wildman–Crippen MR) is 98.6 cm³/mol. The third-order valence-corrected chi connectivity index (χ3v) is 5.18. The first-order chi connectivity index (χ1) is 12.4. The summed E-state index contributed by atoms with van der Waals surface area (Å²) in [7, 11) is 0. The van der Waals surface area contributed by atoms with Crippen molar-refractivity contribution in [1.82, 2.24) is 20.3 Å². The lowest BCUT2D eigenvalue weighted by atomic mass is 10.2. The van der Waals surface area contributed by atoms with Gasteiger partial charge in [-0.3, -0.25) is 0 Å². The molecule has 25 heavy (non-hydrogen) atoms. The predicted octanol–water partition coefficient (Wildman–Crippen LogP) is 0.498. The van der Waals surface area contributed by atoms with Crippen LogP contribution in [0.2, 0.25) is 0 Å². The van der Waals surface area contributed by atoms with Crippen LogP contribution in [0.25, 0.3) is 0 Å². The molecule has 1 N–H and O–H groups in total. The van der Waals surface area contributed by atoms with Gasteiger partial charge in [-0.2, -0.15) is 15.0 Å². The van der Waals surface area contributed by atoms with Gasteiger partial charge in [0.15, 0.2) is 0 Å². The molecule has 0 radical (unpaired) electrons. The summed E-state index contributed by atoms with van der Waals surface area (Å²) in [4.78, 5) is 21.4. The summed E-state index contributed by atoms with van der Waals surface area (Å²) in [6, 6.07) is 0. The number of nitrogens with zero attached hydrogens (tertiary/aromatic N) is 6. The molecule has 4 rings (SSSR count). The molecular formula is C17H29N7O. The molecule has 138 valence electrons. The second-order valence-corrected chi connectivity index (χ2v) is 6.97. The lowest BCUT2D eigenvalue weighted by Gasteiger charge is -2.31. The summed E-state index contributed by atoms with van der Waals surface area (Å²) < 4.78 is 5.49. The highest BCUT2D eigenvalue weighted by Gasteiger charge is 2.22. The Labute approximate surface area is 149 Å². The zero-order valence-electron chi connectivity index (χ0n) is 15.0. The zero-order valence-corrected chi connectivity index (χ0v) is 15.0. The molecule has 0 atom stereocenters. The van der Waals surface area contributed by atoms with Crippen LogP contribution in [0.3, 0.4) is 0 Å². The Kier molecular flexibility index (Phi) is 5.46. The number of hydrogen-bond acceptors (Lipinski definition) is 8. The van der Waals surface area contributed by atoms with Gasteiger partial charge in [-0.05, 0) is 12.8 Å². The van der Waals surface area contributed by atoms with Crippen LogP contribution in [0, 0.1) is 0 Å². The molecule has 0 bridgehead atoms. The maximum atomic E-state index is 5.49. The third-order valence-electron chi connectivity index (χ3n) is 5.18. The molecule has 3 saturated heterocycles. The van der Waals surface area contributed by atoms with Crippen LogP contribution in [-0.2, 0) is 4.74 Å². The van der Waals surface area contributed by atoms with Crippen molar-refractivity contribution < 1.29 is 4.74 Å². The van der Waals surface area contributed by atoms with E-state index in [0.29, 0.717) is 0 Å². The Morgan fingerprint density at radius 1 is 0.600 bits per heavy atom. The Bertz CT molecular complexity index is 514. The summed E-state index contributed by atoms with van der Waals surface area (Å²) in [5, 5.41) is 3.40. The highest BCUT2D eigenvalue weighted by Crippen LogP contribution is 2.22. The number of ether oxygens (including phenoxy) is 1. The molecule has 0 spiro atoms. The number of anilines is 3. The van der Waals surface area contributed by atoms with Crippen LogP contribution in [0.4, 0.5) is 17.8 Å². The minimum absolute atomic E-state index is 0.744. The lowest BCUT2D eigenvalue weighted by molar-refractivity contribution is 0.122. The number of rotatable bonds is 3. The Hall–Kier alpha value is -1.67. The largest absolute Gasteiger partial charge is 0.378 e. The van der Waals surface area contributed by atoms with E-state index in [9.17, 15) is 0 Å². The number of morpholine rings is 1.